The number of aryl methyl sites for hydroxylation is 1. The van der Waals surface area contributed by atoms with E-state index in [1.807, 2.05) is 0 Å². The Morgan fingerprint density at radius 1 is 0.397 bits per heavy atom. The fourth-order valence-electron chi connectivity index (χ4n) is 10.3. The largest absolute Gasteiger partial charge is 0.456 e. The van der Waals surface area contributed by atoms with Gasteiger partial charge in [0.05, 0.1) is 0 Å². The molecule has 10 aromatic carbocycles. The Morgan fingerprint density at radius 2 is 0.952 bits per heavy atom. The Labute approximate surface area is 368 Å². The fraction of sp³-hybridized carbons (Fsp3) is 0.0492. The van der Waals surface area contributed by atoms with E-state index in [4.69, 9.17) is 4.42 Å². The number of nitrogens with zero attached hydrogens (tertiary/aromatic N) is 1. The maximum atomic E-state index is 6.68. The summed E-state index contributed by atoms with van der Waals surface area (Å²) in [5.41, 5.74) is 19.3. The lowest BCUT2D eigenvalue weighted by atomic mass is 9.79. The number of fused-ring (bicyclic) bond motifs is 7. The topological polar surface area (TPSA) is 16.4 Å². The quantitative estimate of drug-likeness (QED) is 0.160. The molecule has 0 saturated heterocycles. The lowest BCUT2D eigenvalue weighted by Gasteiger charge is -2.25. The second kappa shape index (κ2) is 15.5. The van der Waals surface area contributed by atoms with Gasteiger partial charge in [0, 0.05) is 39.3 Å². The van der Waals surface area contributed by atoms with E-state index in [0.717, 1.165) is 46.5 Å². The number of para-hydroxylation sites is 3. The predicted molar refractivity (Wildman–Crippen MR) is 264 cm³/mol. The van der Waals surface area contributed by atoms with Crippen LogP contribution in [0.15, 0.2) is 235 Å². The van der Waals surface area contributed by atoms with Crippen LogP contribution in [-0.2, 0) is 6.42 Å². The number of benzene rings is 10. The van der Waals surface area contributed by atoms with E-state index in [1.165, 1.54) is 77.4 Å². The molecule has 2 nitrogen and oxygen atoms in total. The van der Waals surface area contributed by atoms with Gasteiger partial charge in [-0.05, 0) is 128 Å². The van der Waals surface area contributed by atoms with Crippen molar-refractivity contribution in [2.45, 2.75) is 18.8 Å². The van der Waals surface area contributed by atoms with Gasteiger partial charge in [0.25, 0.3) is 0 Å². The third-order valence-electron chi connectivity index (χ3n) is 13.1. The van der Waals surface area contributed by atoms with Gasteiger partial charge in [-0.25, -0.2) is 0 Å². The van der Waals surface area contributed by atoms with Crippen molar-refractivity contribution in [2.75, 3.05) is 4.90 Å². The molecule has 1 unspecified atom stereocenters. The van der Waals surface area contributed by atoms with Crippen molar-refractivity contribution in [1.29, 1.82) is 0 Å². The van der Waals surface area contributed by atoms with Crippen LogP contribution in [0.25, 0.3) is 77.2 Å². The molecule has 1 atom stereocenters. The maximum absolute atomic E-state index is 6.68. The molecule has 0 saturated carbocycles. The van der Waals surface area contributed by atoms with Crippen molar-refractivity contribution in [1.82, 2.24) is 0 Å². The van der Waals surface area contributed by atoms with Crippen LogP contribution < -0.4 is 4.90 Å². The van der Waals surface area contributed by atoms with Crippen LogP contribution in [0.5, 0.6) is 0 Å². The van der Waals surface area contributed by atoms with Gasteiger partial charge in [0.15, 0.2) is 0 Å². The number of hydrogen-bond donors (Lipinski definition) is 0. The fourth-order valence-corrected chi connectivity index (χ4v) is 10.3. The summed E-state index contributed by atoms with van der Waals surface area (Å²) in [6, 6.07) is 84.0. The van der Waals surface area contributed by atoms with E-state index in [0.29, 0.717) is 0 Å². The maximum Gasteiger partial charge on any atom is 0.136 e. The van der Waals surface area contributed by atoms with Crippen molar-refractivity contribution in [3.63, 3.8) is 0 Å². The van der Waals surface area contributed by atoms with Crippen molar-refractivity contribution >= 4 is 49.8 Å². The number of anilines is 3. The van der Waals surface area contributed by atoms with Gasteiger partial charge < -0.3 is 9.32 Å². The van der Waals surface area contributed by atoms with Gasteiger partial charge in [-0.1, -0.05) is 182 Å². The molecule has 63 heavy (non-hydrogen) atoms. The second-order valence-electron chi connectivity index (χ2n) is 16.7. The van der Waals surface area contributed by atoms with E-state index in [9.17, 15) is 0 Å². The summed E-state index contributed by atoms with van der Waals surface area (Å²) in [6.07, 6.45) is 1.88. The highest BCUT2D eigenvalue weighted by Gasteiger charge is 2.31. The van der Waals surface area contributed by atoms with Crippen molar-refractivity contribution in [3.05, 3.63) is 247 Å². The Bertz CT molecular complexity index is 3380. The molecule has 0 spiro atoms. The summed E-state index contributed by atoms with van der Waals surface area (Å²) in [7, 11) is 0. The Kier molecular flexibility index (Phi) is 9.08. The lowest BCUT2D eigenvalue weighted by molar-refractivity contribution is 0.667. The summed E-state index contributed by atoms with van der Waals surface area (Å²) in [5.74, 6) is 0.149. The summed E-state index contributed by atoms with van der Waals surface area (Å²) in [5, 5.41) is 4.86. The lowest BCUT2D eigenvalue weighted by Crippen LogP contribution is -2.09. The highest BCUT2D eigenvalue weighted by atomic mass is 16.3. The minimum atomic E-state index is 0.149. The highest BCUT2D eigenvalue weighted by Crippen LogP contribution is 2.52. The summed E-state index contributed by atoms with van der Waals surface area (Å²) in [4.78, 5) is 2.31. The van der Waals surface area contributed by atoms with Crippen LogP contribution >= 0.6 is 0 Å². The van der Waals surface area contributed by atoms with Gasteiger partial charge in [0.1, 0.15) is 11.2 Å². The molecule has 11 aromatic rings. The Hall–Kier alpha value is -7.94. The van der Waals surface area contributed by atoms with Gasteiger partial charge in [-0.15, -0.1) is 0 Å². The molecule has 2 heteroatoms. The first-order chi connectivity index (χ1) is 31.3. The van der Waals surface area contributed by atoms with Crippen LogP contribution in [0.3, 0.4) is 0 Å². The zero-order valence-electron chi connectivity index (χ0n) is 34.8. The summed E-state index contributed by atoms with van der Waals surface area (Å²) in [6.45, 7) is 0. The van der Waals surface area contributed by atoms with Crippen LogP contribution in [0.1, 0.15) is 29.0 Å². The number of rotatable bonds is 7. The molecule has 0 bridgehead atoms. The molecule has 1 aromatic heterocycles. The molecular formula is C61H43NO. The molecule has 0 radical (unpaired) electrons. The van der Waals surface area contributed by atoms with Crippen molar-refractivity contribution < 1.29 is 4.42 Å². The second-order valence-corrected chi connectivity index (χ2v) is 16.7. The van der Waals surface area contributed by atoms with Crippen LogP contribution in [-0.4, -0.2) is 0 Å². The van der Waals surface area contributed by atoms with E-state index >= 15 is 0 Å². The third-order valence-corrected chi connectivity index (χ3v) is 13.1. The molecule has 0 N–H and O–H groups in total. The molecule has 12 rings (SSSR count). The highest BCUT2D eigenvalue weighted by molar-refractivity contribution is 6.17. The number of hydrogen-bond acceptors (Lipinski definition) is 2. The van der Waals surface area contributed by atoms with Crippen LogP contribution in [0.2, 0.25) is 0 Å². The molecule has 0 amide bonds. The van der Waals surface area contributed by atoms with Gasteiger partial charge in [-0.3, -0.25) is 0 Å². The third kappa shape index (κ3) is 6.42. The predicted octanol–water partition coefficient (Wildman–Crippen LogP) is 17.0. The van der Waals surface area contributed by atoms with Gasteiger partial charge >= 0.3 is 0 Å². The average molecular weight is 806 g/mol. The smallest absolute Gasteiger partial charge is 0.136 e. The standard InChI is InChI=1S/C61H43NO/c1-4-17-45(18-5-1)59-58-46(40-57-61(59)54-25-12-13-29-56(54)63-57)36-39-51(60-53(27-15-28-55(58)60)52-26-14-19-43-16-10-11-24-50(43)52)44-32-30-41(31-33-44)42-34-37-49(38-35-42)62(47-20-6-2-7-21-47)48-22-8-3-9-23-48/h1-35,37-38,40,51H,36,39H2. The first-order valence-electron chi connectivity index (χ1n) is 22.0. The first-order valence-corrected chi connectivity index (χ1v) is 22.0. The molecule has 0 fully saturated rings. The van der Waals surface area contributed by atoms with E-state index in [1.54, 1.807) is 0 Å². The van der Waals surface area contributed by atoms with Crippen LogP contribution in [0.4, 0.5) is 17.1 Å². The summed E-state index contributed by atoms with van der Waals surface area (Å²) >= 11 is 0. The van der Waals surface area contributed by atoms with E-state index in [2.05, 4.69) is 235 Å². The average Bonchev–Trinajstić information content (AvgIpc) is 3.64. The molecular weight excluding hydrogens is 763 g/mol. The zero-order valence-corrected chi connectivity index (χ0v) is 34.8. The Balaban J connectivity index is 1.01. The SMILES string of the molecule is c1ccc(-c2c3c(cc4oc5ccccc5c24)CCC(c2ccc(-c4ccc(N(c5ccccc5)c5ccccc5)cc4)cc2)c2c-3cccc2-c2cccc3ccccc23)cc1. The van der Waals surface area contributed by atoms with Gasteiger partial charge in [-0.2, -0.15) is 0 Å². The van der Waals surface area contributed by atoms with Gasteiger partial charge in [0.2, 0.25) is 0 Å². The van der Waals surface area contributed by atoms with E-state index in [-0.39, 0.29) is 5.92 Å². The minimum absolute atomic E-state index is 0.149. The van der Waals surface area contributed by atoms with Crippen LogP contribution in [0, 0.1) is 0 Å². The number of furan rings is 1. The molecule has 298 valence electrons. The first kappa shape index (κ1) is 36.9. The normalized spacial score (nSPS) is 13.4. The van der Waals surface area contributed by atoms with Crippen molar-refractivity contribution in [2.24, 2.45) is 0 Å². The minimum Gasteiger partial charge on any atom is -0.456 e. The molecule has 1 heterocycles. The molecule has 0 aliphatic heterocycles. The zero-order chi connectivity index (χ0) is 41.7. The Morgan fingerprint density at radius 3 is 1.68 bits per heavy atom. The summed E-state index contributed by atoms with van der Waals surface area (Å²) < 4.78 is 6.68. The molecule has 1 aliphatic rings. The van der Waals surface area contributed by atoms with E-state index < -0.39 is 0 Å². The van der Waals surface area contributed by atoms with Crippen molar-refractivity contribution in [3.8, 4) is 44.5 Å². The molecule has 1 aliphatic carbocycles. The monoisotopic (exact) mass is 805 g/mol.